The summed E-state index contributed by atoms with van der Waals surface area (Å²) in [5.74, 6) is 0.524. The normalized spacial score (nSPS) is 11.5. The Morgan fingerprint density at radius 1 is 0.929 bits per heavy atom. The van der Waals surface area contributed by atoms with Crippen LogP contribution in [0, 0.1) is 6.92 Å². The molecular weight excluding hydrogens is 394 g/mol. The largest absolute Gasteiger partial charge is 0.362 e. The van der Waals surface area contributed by atoms with Crippen LogP contribution in [-0.4, -0.2) is 23.4 Å². The fourth-order valence-electron chi connectivity index (χ4n) is 2.64. The van der Waals surface area contributed by atoms with Crippen LogP contribution in [0.1, 0.15) is 10.6 Å². The van der Waals surface area contributed by atoms with Crippen LogP contribution in [0.4, 0.5) is 11.6 Å². The first kappa shape index (κ1) is 18.3. The van der Waals surface area contributed by atoms with Gasteiger partial charge in [-0.25, -0.2) is 23.4 Å². The van der Waals surface area contributed by atoms with Crippen molar-refractivity contribution in [2.75, 3.05) is 10.0 Å². The van der Waals surface area contributed by atoms with Gasteiger partial charge in [0.2, 0.25) is 0 Å². The predicted molar refractivity (Wildman–Crippen MR) is 111 cm³/mol. The number of anilines is 2. The summed E-state index contributed by atoms with van der Waals surface area (Å²) in [6.45, 7) is 2.40. The molecule has 0 aliphatic heterocycles. The van der Waals surface area contributed by atoms with Gasteiger partial charge >= 0.3 is 0 Å². The third kappa shape index (κ3) is 3.80. The molecule has 0 saturated carbocycles. The highest BCUT2D eigenvalue weighted by atomic mass is 32.2. The molecule has 9 heteroatoms. The Balaban J connectivity index is 1.72. The molecule has 0 spiro atoms. The number of thiazole rings is 1. The Kier molecular flexibility index (Phi) is 4.93. The molecule has 0 saturated heterocycles. The average Bonchev–Trinajstić information content (AvgIpc) is 3.11. The molecule has 4 aromatic rings. The highest BCUT2D eigenvalue weighted by Crippen LogP contribution is 2.25. The summed E-state index contributed by atoms with van der Waals surface area (Å²) in [6.07, 6.45) is 0. The van der Waals surface area contributed by atoms with E-state index in [1.54, 1.807) is 29.8 Å². The summed E-state index contributed by atoms with van der Waals surface area (Å²) in [6, 6.07) is 15.5. The molecule has 28 heavy (non-hydrogen) atoms. The van der Waals surface area contributed by atoms with E-state index in [4.69, 9.17) is 0 Å². The average molecular weight is 412 g/mol. The molecule has 0 radical (unpaired) electrons. The monoisotopic (exact) mass is 411 g/mol. The van der Waals surface area contributed by atoms with Gasteiger partial charge in [-0.15, -0.1) is 11.3 Å². The molecule has 2 N–H and O–H groups in total. The van der Waals surface area contributed by atoms with Gasteiger partial charge < -0.3 is 5.32 Å². The first-order valence-electron chi connectivity index (χ1n) is 8.50. The SMILES string of the molecule is Cc1ncsc1CNc1nc2ccccc2nc1NS(=O)(=O)c1ccccc1. The van der Waals surface area contributed by atoms with Gasteiger partial charge in [0, 0.05) is 4.88 Å². The van der Waals surface area contributed by atoms with Gasteiger partial charge in [0.1, 0.15) is 0 Å². The predicted octanol–water partition coefficient (Wildman–Crippen LogP) is 3.81. The third-order valence-electron chi connectivity index (χ3n) is 4.12. The molecule has 0 atom stereocenters. The van der Waals surface area contributed by atoms with Crippen molar-refractivity contribution in [2.24, 2.45) is 0 Å². The first-order chi connectivity index (χ1) is 13.5. The van der Waals surface area contributed by atoms with Gasteiger partial charge in [-0.05, 0) is 31.2 Å². The zero-order valence-corrected chi connectivity index (χ0v) is 16.6. The molecule has 7 nitrogen and oxygen atoms in total. The van der Waals surface area contributed by atoms with E-state index >= 15 is 0 Å². The maximum Gasteiger partial charge on any atom is 0.263 e. The number of rotatable bonds is 6. The van der Waals surface area contributed by atoms with Crippen molar-refractivity contribution in [2.45, 2.75) is 18.4 Å². The van der Waals surface area contributed by atoms with E-state index in [1.165, 1.54) is 23.5 Å². The topological polar surface area (TPSA) is 96.9 Å². The zero-order chi connectivity index (χ0) is 19.6. The zero-order valence-electron chi connectivity index (χ0n) is 15.0. The summed E-state index contributed by atoms with van der Waals surface area (Å²) in [5.41, 5.74) is 3.98. The van der Waals surface area contributed by atoms with Crippen LogP contribution in [0.2, 0.25) is 0 Å². The van der Waals surface area contributed by atoms with Crippen LogP contribution in [-0.2, 0) is 16.6 Å². The van der Waals surface area contributed by atoms with E-state index in [-0.39, 0.29) is 10.7 Å². The molecule has 0 fully saturated rings. The van der Waals surface area contributed by atoms with Gasteiger partial charge in [-0.3, -0.25) is 4.72 Å². The fraction of sp³-hybridized carbons (Fsp3) is 0.105. The van der Waals surface area contributed by atoms with E-state index in [9.17, 15) is 8.42 Å². The Morgan fingerprint density at radius 2 is 1.57 bits per heavy atom. The Labute approximate surface area is 166 Å². The summed E-state index contributed by atoms with van der Waals surface area (Å²) in [5, 5.41) is 3.19. The molecule has 0 unspecified atom stereocenters. The Hall–Kier alpha value is -3.04. The van der Waals surface area contributed by atoms with Crippen molar-refractivity contribution in [1.82, 2.24) is 15.0 Å². The van der Waals surface area contributed by atoms with Gasteiger partial charge in [0.05, 0.1) is 33.7 Å². The molecule has 0 bridgehead atoms. The summed E-state index contributed by atoms with van der Waals surface area (Å²) >= 11 is 1.53. The molecule has 2 aromatic heterocycles. The van der Waals surface area contributed by atoms with E-state index in [1.807, 2.05) is 25.1 Å². The Bertz CT molecular complexity index is 1220. The van der Waals surface area contributed by atoms with Crippen molar-refractivity contribution in [1.29, 1.82) is 0 Å². The van der Waals surface area contributed by atoms with Gasteiger partial charge in [0.15, 0.2) is 11.6 Å². The molecule has 2 aromatic carbocycles. The van der Waals surface area contributed by atoms with Gasteiger partial charge in [-0.2, -0.15) is 0 Å². The second kappa shape index (κ2) is 7.53. The highest BCUT2D eigenvalue weighted by molar-refractivity contribution is 7.92. The van der Waals surface area contributed by atoms with E-state index in [0.717, 1.165) is 10.6 Å². The van der Waals surface area contributed by atoms with E-state index < -0.39 is 10.0 Å². The molecule has 0 aliphatic carbocycles. The number of benzene rings is 2. The second-order valence-electron chi connectivity index (χ2n) is 6.04. The number of fused-ring (bicyclic) bond motifs is 1. The number of hydrogen-bond acceptors (Lipinski definition) is 7. The Morgan fingerprint density at radius 3 is 2.21 bits per heavy atom. The van der Waals surface area contributed by atoms with Crippen molar-refractivity contribution < 1.29 is 8.42 Å². The van der Waals surface area contributed by atoms with Crippen molar-refractivity contribution in [3.05, 3.63) is 70.7 Å². The minimum Gasteiger partial charge on any atom is -0.362 e. The van der Waals surface area contributed by atoms with Crippen LogP contribution >= 0.6 is 11.3 Å². The van der Waals surface area contributed by atoms with Crippen LogP contribution in [0.3, 0.4) is 0 Å². The lowest BCUT2D eigenvalue weighted by Gasteiger charge is -2.13. The van der Waals surface area contributed by atoms with Crippen LogP contribution in [0.5, 0.6) is 0 Å². The first-order valence-corrected chi connectivity index (χ1v) is 10.9. The minimum atomic E-state index is -3.79. The molecule has 2 heterocycles. The lowest BCUT2D eigenvalue weighted by molar-refractivity contribution is 0.601. The van der Waals surface area contributed by atoms with Crippen molar-refractivity contribution in [3.63, 3.8) is 0 Å². The number of sulfonamides is 1. The van der Waals surface area contributed by atoms with E-state index in [2.05, 4.69) is 25.0 Å². The third-order valence-corrected chi connectivity index (χ3v) is 6.41. The summed E-state index contributed by atoms with van der Waals surface area (Å²) in [4.78, 5) is 14.5. The molecular formula is C19H17N5O2S2. The molecule has 0 amide bonds. The summed E-state index contributed by atoms with van der Waals surface area (Å²) in [7, 11) is -3.79. The lowest BCUT2D eigenvalue weighted by atomic mass is 10.3. The number of aromatic nitrogens is 3. The van der Waals surface area contributed by atoms with Crippen molar-refractivity contribution >= 4 is 44.0 Å². The van der Waals surface area contributed by atoms with Gasteiger partial charge in [0.25, 0.3) is 10.0 Å². The van der Waals surface area contributed by atoms with Gasteiger partial charge in [-0.1, -0.05) is 30.3 Å². The standard InChI is InChI=1S/C19H17N5O2S2/c1-13-17(27-12-21-13)11-20-18-19(23-16-10-6-5-9-15(16)22-18)24-28(25,26)14-7-3-2-4-8-14/h2-10,12H,11H2,1H3,(H,20,22)(H,23,24). The maximum absolute atomic E-state index is 12.8. The number of hydrogen-bond donors (Lipinski definition) is 2. The molecule has 0 aliphatic rings. The fourth-order valence-corrected chi connectivity index (χ4v) is 4.39. The highest BCUT2D eigenvalue weighted by Gasteiger charge is 2.18. The molecule has 4 rings (SSSR count). The number of nitrogens with one attached hydrogen (secondary N) is 2. The number of nitrogens with zero attached hydrogens (tertiary/aromatic N) is 3. The maximum atomic E-state index is 12.8. The van der Waals surface area contributed by atoms with Crippen LogP contribution < -0.4 is 10.0 Å². The van der Waals surface area contributed by atoms with Crippen LogP contribution in [0.25, 0.3) is 11.0 Å². The number of aryl methyl sites for hydroxylation is 1. The lowest BCUT2D eigenvalue weighted by Crippen LogP contribution is -2.16. The minimum absolute atomic E-state index is 0.157. The molecule has 142 valence electrons. The number of para-hydroxylation sites is 2. The van der Waals surface area contributed by atoms with Crippen molar-refractivity contribution in [3.8, 4) is 0 Å². The van der Waals surface area contributed by atoms with Crippen LogP contribution in [0.15, 0.2) is 65.0 Å². The summed E-state index contributed by atoms with van der Waals surface area (Å²) < 4.78 is 28.1. The quantitative estimate of drug-likeness (QED) is 0.501. The smallest absolute Gasteiger partial charge is 0.263 e. The van der Waals surface area contributed by atoms with E-state index in [0.29, 0.717) is 23.4 Å². The second-order valence-corrected chi connectivity index (χ2v) is 8.66.